The molecule has 2 aromatic carbocycles. The first-order valence-corrected chi connectivity index (χ1v) is 13.5. The molecule has 1 fully saturated rings. The summed E-state index contributed by atoms with van der Waals surface area (Å²) in [6.45, 7) is 6.17. The van der Waals surface area contributed by atoms with Crippen molar-refractivity contribution in [2.24, 2.45) is 4.99 Å². The molecule has 0 bridgehead atoms. The predicted octanol–water partition coefficient (Wildman–Crippen LogP) is 4.04. The van der Waals surface area contributed by atoms with E-state index < -0.39 is 15.9 Å². The van der Waals surface area contributed by atoms with Crippen molar-refractivity contribution in [3.63, 3.8) is 0 Å². The van der Waals surface area contributed by atoms with E-state index in [9.17, 15) is 13.2 Å². The molecule has 0 radical (unpaired) electrons. The molecule has 1 aliphatic rings. The van der Waals surface area contributed by atoms with Crippen LogP contribution in [0.15, 0.2) is 58.4 Å². The minimum atomic E-state index is -3.57. The number of rotatable bonds is 7. The molecular weight excluding hydrogens is 458 g/mol. The van der Waals surface area contributed by atoms with Gasteiger partial charge in [0.05, 0.1) is 21.7 Å². The molecule has 0 aliphatic carbocycles. The fraction of sp³-hybridized carbons (Fsp3) is 0.417. The minimum Gasteiger partial charge on any atom is -0.380 e. The Morgan fingerprint density at radius 1 is 1.15 bits per heavy atom. The number of benzene rings is 2. The summed E-state index contributed by atoms with van der Waals surface area (Å²) in [5.74, 6) is -0.401. The van der Waals surface area contributed by atoms with Gasteiger partial charge in [0.25, 0.3) is 5.91 Å². The van der Waals surface area contributed by atoms with E-state index in [2.05, 4.69) is 4.99 Å². The van der Waals surface area contributed by atoms with Gasteiger partial charge in [0, 0.05) is 31.3 Å². The number of carbonyl (C=O) groups excluding carboxylic acids is 1. The highest BCUT2D eigenvalue weighted by Crippen LogP contribution is 2.25. The Kier molecular flexibility index (Phi) is 7.43. The zero-order valence-corrected chi connectivity index (χ0v) is 20.6. The van der Waals surface area contributed by atoms with E-state index in [0.717, 1.165) is 29.5 Å². The summed E-state index contributed by atoms with van der Waals surface area (Å²) in [6.07, 6.45) is 2.79. The van der Waals surface area contributed by atoms with E-state index in [-0.39, 0.29) is 10.9 Å². The Hall–Kier alpha value is -2.33. The quantitative estimate of drug-likeness (QED) is 0.471. The zero-order valence-electron chi connectivity index (χ0n) is 18.9. The summed E-state index contributed by atoms with van der Waals surface area (Å²) in [6, 6.07) is 14.0. The average molecular weight is 488 g/mol. The maximum absolute atomic E-state index is 13.0. The summed E-state index contributed by atoms with van der Waals surface area (Å²) in [7, 11) is -3.57. The van der Waals surface area contributed by atoms with E-state index in [0.29, 0.717) is 36.7 Å². The topological polar surface area (TPSA) is 81.0 Å². The minimum absolute atomic E-state index is 0.0137. The summed E-state index contributed by atoms with van der Waals surface area (Å²) < 4.78 is 36.2. The van der Waals surface area contributed by atoms with Gasteiger partial charge in [0.1, 0.15) is 0 Å². The molecule has 1 atom stereocenters. The number of carbonyl (C=O) groups is 1. The first-order valence-electron chi connectivity index (χ1n) is 11.3. The molecule has 4 rings (SSSR count). The van der Waals surface area contributed by atoms with Crippen molar-refractivity contribution in [1.29, 1.82) is 0 Å². The number of piperidine rings is 1. The Morgan fingerprint density at radius 2 is 1.91 bits per heavy atom. The third-order valence-corrected chi connectivity index (χ3v) is 8.99. The Bertz CT molecular complexity index is 1290. The average Bonchev–Trinajstić information content (AvgIpc) is 3.16. The van der Waals surface area contributed by atoms with Gasteiger partial charge in [-0.15, -0.1) is 0 Å². The maximum Gasteiger partial charge on any atom is 0.279 e. The number of hydrogen-bond donors (Lipinski definition) is 0. The van der Waals surface area contributed by atoms with Crippen LogP contribution in [-0.4, -0.2) is 49.0 Å². The molecule has 1 saturated heterocycles. The maximum atomic E-state index is 13.0. The van der Waals surface area contributed by atoms with Crippen LogP contribution in [-0.2, 0) is 21.3 Å². The molecule has 9 heteroatoms. The molecule has 7 nitrogen and oxygen atoms in total. The van der Waals surface area contributed by atoms with Crippen LogP contribution in [0.4, 0.5) is 0 Å². The number of aromatic nitrogens is 1. The number of ether oxygens (including phenoxy) is 1. The number of fused-ring (bicyclic) bond motifs is 1. The summed E-state index contributed by atoms with van der Waals surface area (Å²) in [5.41, 5.74) is 1.36. The van der Waals surface area contributed by atoms with E-state index in [1.807, 2.05) is 42.7 Å². The molecule has 0 spiro atoms. The van der Waals surface area contributed by atoms with Crippen molar-refractivity contribution >= 4 is 37.5 Å². The summed E-state index contributed by atoms with van der Waals surface area (Å²) >= 11 is 1.45. The van der Waals surface area contributed by atoms with Crippen LogP contribution in [0.5, 0.6) is 0 Å². The lowest BCUT2D eigenvalue weighted by Crippen LogP contribution is -2.41. The SMILES string of the molecule is CCOCCn1c(=NC(=O)c2ccc(S(=O)(=O)N3CCCCC3C)cc2)sc2ccccc21. The smallest absolute Gasteiger partial charge is 0.279 e. The second-order valence-electron chi connectivity index (χ2n) is 8.10. The normalized spacial score (nSPS) is 18.1. The number of sulfonamides is 1. The first kappa shape index (κ1) is 23.8. The first-order chi connectivity index (χ1) is 15.9. The van der Waals surface area contributed by atoms with Crippen molar-refractivity contribution in [3.8, 4) is 0 Å². The molecule has 0 N–H and O–H groups in total. The van der Waals surface area contributed by atoms with Crippen LogP contribution in [0.25, 0.3) is 10.2 Å². The van der Waals surface area contributed by atoms with E-state index >= 15 is 0 Å². The van der Waals surface area contributed by atoms with Gasteiger partial charge in [-0.1, -0.05) is 29.9 Å². The Labute approximate surface area is 198 Å². The number of amides is 1. The Balaban J connectivity index is 1.61. The molecule has 176 valence electrons. The monoisotopic (exact) mass is 487 g/mol. The van der Waals surface area contributed by atoms with Crippen molar-refractivity contribution in [2.45, 2.75) is 50.6 Å². The molecular formula is C24H29N3O4S2. The van der Waals surface area contributed by atoms with Crippen molar-refractivity contribution < 1.29 is 17.9 Å². The van der Waals surface area contributed by atoms with Crippen LogP contribution in [0.3, 0.4) is 0 Å². The lowest BCUT2D eigenvalue weighted by molar-refractivity contribution is 0.0996. The number of hydrogen-bond acceptors (Lipinski definition) is 5. The highest BCUT2D eigenvalue weighted by molar-refractivity contribution is 7.89. The number of nitrogens with zero attached hydrogens (tertiary/aromatic N) is 3. The van der Waals surface area contributed by atoms with E-state index in [1.165, 1.54) is 23.5 Å². The van der Waals surface area contributed by atoms with Crippen molar-refractivity contribution in [1.82, 2.24) is 8.87 Å². The number of para-hydroxylation sites is 1. The summed E-state index contributed by atoms with van der Waals surface area (Å²) in [5, 5.41) is 0. The molecule has 3 aromatic rings. The van der Waals surface area contributed by atoms with Gasteiger partial charge in [0.15, 0.2) is 4.80 Å². The predicted molar refractivity (Wildman–Crippen MR) is 130 cm³/mol. The lowest BCUT2D eigenvalue weighted by Gasteiger charge is -2.32. The lowest BCUT2D eigenvalue weighted by atomic mass is 10.1. The van der Waals surface area contributed by atoms with Gasteiger partial charge in [-0.05, 0) is 63.1 Å². The number of thiazole rings is 1. The molecule has 1 aliphatic heterocycles. The van der Waals surface area contributed by atoms with Gasteiger partial charge in [-0.25, -0.2) is 8.42 Å². The van der Waals surface area contributed by atoms with Gasteiger partial charge in [0.2, 0.25) is 10.0 Å². The van der Waals surface area contributed by atoms with Gasteiger partial charge < -0.3 is 9.30 Å². The van der Waals surface area contributed by atoms with Crippen LogP contribution < -0.4 is 4.80 Å². The molecule has 1 unspecified atom stereocenters. The summed E-state index contributed by atoms with van der Waals surface area (Å²) in [4.78, 5) is 18.1. The van der Waals surface area contributed by atoms with Gasteiger partial charge >= 0.3 is 0 Å². The van der Waals surface area contributed by atoms with E-state index in [1.54, 1.807) is 16.4 Å². The molecule has 0 saturated carbocycles. The van der Waals surface area contributed by atoms with Crippen LogP contribution in [0.1, 0.15) is 43.5 Å². The fourth-order valence-electron chi connectivity index (χ4n) is 4.11. The van der Waals surface area contributed by atoms with Gasteiger partial charge in [-0.3, -0.25) is 4.79 Å². The molecule has 1 amide bonds. The standard InChI is InChI=1S/C24H29N3O4S2/c1-3-31-17-16-26-21-9-4-5-10-22(21)32-24(26)25-23(28)19-11-13-20(14-12-19)33(29,30)27-15-7-6-8-18(27)2/h4-5,9-14,18H,3,6-8,15-17H2,1-2H3. The molecule has 33 heavy (non-hydrogen) atoms. The van der Waals surface area contributed by atoms with Crippen molar-refractivity contribution in [2.75, 3.05) is 19.8 Å². The third-order valence-electron chi connectivity index (χ3n) is 5.90. The second-order valence-corrected chi connectivity index (χ2v) is 11.0. The third kappa shape index (κ3) is 5.11. The zero-order chi connectivity index (χ0) is 23.4. The highest BCUT2D eigenvalue weighted by Gasteiger charge is 2.30. The van der Waals surface area contributed by atoms with Crippen LogP contribution >= 0.6 is 11.3 Å². The van der Waals surface area contributed by atoms with Crippen molar-refractivity contribution in [3.05, 3.63) is 58.9 Å². The highest BCUT2D eigenvalue weighted by atomic mass is 32.2. The van der Waals surface area contributed by atoms with Crippen LogP contribution in [0, 0.1) is 0 Å². The van der Waals surface area contributed by atoms with E-state index in [4.69, 9.17) is 4.74 Å². The largest absolute Gasteiger partial charge is 0.380 e. The van der Waals surface area contributed by atoms with Crippen LogP contribution in [0.2, 0.25) is 0 Å². The Morgan fingerprint density at radius 3 is 2.64 bits per heavy atom. The van der Waals surface area contributed by atoms with Gasteiger partial charge in [-0.2, -0.15) is 9.30 Å². The fourth-order valence-corrected chi connectivity index (χ4v) is 6.86. The molecule has 1 aromatic heterocycles. The second kappa shape index (κ2) is 10.3. The molecule has 2 heterocycles.